The van der Waals surface area contributed by atoms with Crippen LogP contribution in [0.15, 0.2) is 15.9 Å². The molecular formula is C11H14N4O3. The highest BCUT2D eigenvalue weighted by Gasteiger charge is 2.08. The molecule has 2 aromatic heterocycles. The van der Waals surface area contributed by atoms with Gasteiger partial charge in [0, 0.05) is 13.0 Å². The second-order valence-electron chi connectivity index (χ2n) is 4.03. The first-order chi connectivity index (χ1) is 8.74. The molecule has 0 aromatic carbocycles. The molecule has 2 aromatic rings. The van der Waals surface area contributed by atoms with Crippen molar-refractivity contribution in [1.29, 1.82) is 0 Å². The lowest BCUT2D eigenvalue weighted by atomic mass is 10.2. The van der Waals surface area contributed by atoms with Crippen molar-refractivity contribution in [1.82, 2.24) is 19.5 Å². The maximum atomic E-state index is 11.9. The number of aromatic nitrogens is 4. The Kier molecular flexibility index (Phi) is 3.71. The second kappa shape index (κ2) is 5.44. The van der Waals surface area contributed by atoms with Crippen LogP contribution in [0, 0.1) is 0 Å². The molecule has 0 radical (unpaired) electrons. The van der Waals surface area contributed by atoms with Crippen LogP contribution in [0.2, 0.25) is 0 Å². The number of imidazole rings is 1. The van der Waals surface area contributed by atoms with E-state index in [2.05, 4.69) is 15.0 Å². The van der Waals surface area contributed by atoms with E-state index in [9.17, 15) is 14.4 Å². The molecule has 0 saturated carbocycles. The van der Waals surface area contributed by atoms with E-state index in [0.29, 0.717) is 24.9 Å². The molecule has 2 N–H and O–H groups in total. The molecule has 0 atom stereocenters. The third-order valence-electron chi connectivity index (χ3n) is 2.77. The van der Waals surface area contributed by atoms with Crippen molar-refractivity contribution in [3.8, 4) is 0 Å². The van der Waals surface area contributed by atoms with Crippen molar-refractivity contribution in [3.05, 3.63) is 27.2 Å². The van der Waals surface area contributed by atoms with Crippen molar-refractivity contribution < 1.29 is 4.79 Å². The van der Waals surface area contributed by atoms with Gasteiger partial charge in [0.25, 0.3) is 5.56 Å². The Bertz CT molecular complexity index is 652. The Balaban J connectivity index is 2.15. The van der Waals surface area contributed by atoms with E-state index in [1.807, 2.05) is 0 Å². The third kappa shape index (κ3) is 2.39. The fraction of sp³-hybridized carbons (Fsp3) is 0.455. The van der Waals surface area contributed by atoms with Crippen molar-refractivity contribution in [2.24, 2.45) is 0 Å². The third-order valence-corrected chi connectivity index (χ3v) is 2.77. The summed E-state index contributed by atoms with van der Waals surface area (Å²) < 4.78 is 1.15. The maximum Gasteiger partial charge on any atom is 0.330 e. The molecule has 7 nitrogen and oxygen atoms in total. The predicted molar refractivity (Wildman–Crippen MR) is 65.5 cm³/mol. The van der Waals surface area contributed by atoms with E-state index in [1.165, 1.54) is 6.33 Å². The van der Waals surface area contributed by atoms with Gasteiger partial charge in [0.05, 0.1) is 6.33 Å². The number of fused-ring (bicyclic) bond motifs is 1. The number of hydrogen-bond acceptors (Lipinski definition) is 4. The van der Waals surface area contributed by atoms with Crippen LogP contribution in [0.3, 0.4) is 0 Å². The van der Waals surface area contributed by atoms with Crippen molar-refractivity contribution in [2.45, 2.75) is 32.2 Å². The molecule has 2 rings (SSSR count). The number of hydrogen-bond donors (Lipinski definition) is 2. The van der Waals surface area contributed by atoms with Gasteiger partial charge in [-0.25, -0.2) is 9.78 Å². The molecule has 0 unspecified atom stereocenters. The average molecular weight is 250 g/mol. The second-order valence-corrected chi connectivity index (χ2v) is 4.03. The van der Waals surface area contributed by atoms with Gasteiger partial charge in [-0.15, -0.1) is 0 Å². The van der Waals surface area contributed by atoms with Gasteiger partial charge in [-0.3, -0.25) is 14.3 Å². The quantitative estimate of drug-likeness (QED) is 0.563. The lowest BCUT2D eigenvalue weighted by Crippen LogP contribution is -2.35. The molecule has 0 saturated heterocycles. The molecule has 0 fully saturated rings. The van der Waals surface area contributed by atoms with Crippen LogP contribution < -0.4 is 11.2 Å². The Labute approximate surface area is 102 Å². The summed E-state index contributed by atoms with van der Waals surface area (Å²) in [5.74, 6) is 0. The number of nitrogens with one attached hydrogen (secondary N) is 2. The highest BCUT2D eigenvalue weighted by Crippen LogP contribution is 2.00. The van der Waals surface area contributed by atoms with Crippen LogP contribution in [0.25, 0.3) is 11.2 Å². The van der Waals surface area contributed by atoms with Crippen LogP contribution in [0.5, 0.6) is 0 Å². The van der Waals surface area contributed by atoms with Gasteiger partial charge in [-0.05, 0) is 12.8 Å². The average Bonchev–Trinajstić information content (AvgIpc) is 2.80. The van der Waals surface area contributed by atoms with E-state index in [-0.39, 0.29) is 11.2 Å². The molecule has 0 aliphatic carbocycles. The number of unbranched alkanes of at least 4 members (excludes halogenated alkanes) is 3. The number of aromatic amines is 2. The van der Waals surface area contributed by atoms with Gasteiger partial charge < -0.3 is 9.78 Å². The van der Waals surface area contributed by atoms with Crippen LogP contribution in [0.1, 0.15) is 25.7 Å². The molecule has 0 spiro atoms. The summed E-state index contributed by atoms with van der Waals surface area (Å²) in [6.45, 7) is 0.349. The van der Waals surface area contributed by atoms with Gasteiger partial charge in [0.1, 0.15) is 11.8 Å². The summed E-state index contributed by atoms with van der Waals surface area (Å²) in [6, 6.07) is 0. The molecule has 2 heterocycles. The van der Waals surface area contributed by atoms with Gasteiger partial charge in [0.2, 0.25) is 0 Å². The fourth-order valence-corrected chi connectivity index (χ4v) is 1.83. The van der Waals surface area contributed by atoms with Gasteiger partial charge >= 0.3 is 5.69 Å². The number of carbonyl (C=O) groups excluding carboxylic acids is 1. The Hall–Kier alpha value is -2.18. The van der Waals surface area contributed by atoms with E-state index in [0.717, 1.165) is 23.7 Å². The van der Waals surface area contributed by atoms with Gasteiger partial charge in [0.15, 0.2) is 5.65 Å². The molecule has 18 heavy (non-hydrogen) atoms. The van der Waals surface area contributed by atoms with Crippen molar-refractivity contribution in [2.75, 3.05) is 0 Å². The monoisotopic (exact) mass is 250 g/mol. The molecular weight excluding hydrogens is 236 g/mol. The summed E-state index contributed by atoms with van der Waals surface area (Å²) in [4.78, 5) is 42.8. The lowest BCUT2D eigenvalue weighted by molar-refractivity contribution is -0.107. The van der Waals surface area contributed by atoms with Crippen LogP contribution >= 0.6 is 0 Å². The van der Waals surface area contributed by atoms with Crippen molar-refractivity contribution >= 4 is 17.5 Å². The maximum absolute atomic E-state index is 11.9. The van der Waals surface area contributed by atoms with Crippen LogP contribution in [-0.4, -0.2) is 25.8 Å². The standard InChI is InChI=1S/C11H14N4O3/c16-6-4-2-1-3-5-15-10(17)8-9(13-7-12-8)14-11(15)18/h6-7H,1-5H2,(H,12,13)(H,14,18). The number of carbonyl (C=O) groups is 1. The van der Waals surface area contributed by atoms with Gasteiger partial charge in [-0.1, -0.05) is 6.42 Å². The summed E-state index contributed by atoms with van der Waals surface area (Å²) in [6.07, 6.45) is 5.04. The van der Waals surface area contributed by atoms with Crippen molar-refractivity contribution in [3.63, 3.8) is 0 Å². The highest BCUT2D eigenvalue weighted by atomic mass is 16.2. The number of rotatable bonds is 6. The summed E-state index contributed by atoms with van der Waals surface area (Å²) in [5.41, 5.74) is -0.221. The summed E-state index contributed by atoms with van der Waals surface area (Å²) in [7, 11) is 0. The minimum atomic E-state index is -0.449. The lowest BCUT2D eigenvalue weighted by Gasteiger charge is -2.03. The fourth-order valence-electron chi connectivity index (χ4n) is 1.83. The normalized spacial score (nSPS) is 10.9. The molecule has 0 amide bonds. The first-order valence-corrected chi connectivity index (χ1v) is 5.84. The zero-order chi connectivity index (χ0) is 13.0. The topological polar surface area (TPSA) is 101 Å². The number of aldehydes is 1. The smallest absolute Gasteiger partial charge is 0.330 e. The molecule has 7 heteroatoms. The summed E-state index contributed by atoms with van der Waals surface area (Å²) in [5, 5.41) is 0. The van der Waals surface area contributed by atoms with Gasteiger partial charge in [-0.2, -0.15) is 0 Å². The Morgan fingerprint density at radius 3 is 2.89 bits per heavy atom. The number of nitrogens with zero attached hydrogens (tertiary/aromatic N) is 2. The van der Waals surface area contributed by atoms with E-state index in [4.69, 9.17) is 0 Å². The minimum Gasteiger partial charge on any atom is -0.339 e. The summed E-state index contributed by atoms with van der Waals surface area (Å²) >= 11 is 0. The molecule has 0 aliphatic heterocycles. The molecule has 0 aliphatic rings. The molecule has 96 valence electrons. The van der Waals surface area contributed by atoms with E-state index in [1.54, 1.807) is 0 Å². The molecule has 0 bridgehead atoms. The SMILES string of the molecule is O=CCCCCCn1c(=O)[nH]c2nc[nH]c2c1=O. The number of H-pyrrole nitrogens is 2. The first kappa shape index (κ1) is 12.3. The highest BCUT2D eigenvalue weighted by molar-refractivity contribution is 5.67. The van der Waals surface area contributed by atoms with Crippen LogP contribution in [-0.2, 0) is 11.3 Å². The zero-order valence-electron chi connectivity index (χ0n) is 9.81. The predicted octanol–water partition coefficient (Wildman–Crippen LogP) is 0.172. The first-order valence-electron chi connectivity index (χ1n) is 5.84. The van der Waals surface area contributed by atoms with E-state index >= 15 is 0 Å². The zero-order valence-corrected chi connectivity index (χ0v) is 9.81. The van der Waals surface area contributed by atoms with Crippen LogP contribution in [0.4, 0.5) is 0 Å². The van der Waals surface area contributed by atoms with E-state index < -0.39 is 5.69 Å². The Morgan fingerprint density at radius 1 is 1.28 bits per heavy atom. The largest absolute Gasteiger partial charge is 0.339 e. The minimum absolute atomic E-state index is 0.280. The Morgan fingerprint density at radius 2 is 2.11 bits per heavy atom.